The van der Waals surface area contributed by atoms with E-state index in [9.17, 15) is 4.79 Å². The Hall–Kier alpha value is -1.32. The number of carboxylic acid groups (broad SMARTS) is 1. The van der Waals surface area contributed by atoms with Gasteiger partial charge in [-0.25, -0.2) is 9.78 Å². The van der Waals surface area contributed by atoms with Crippen LogP contribution < -0.4 is 0 Å². The lowest BCUT2D eigenvalue weighted by Crippen LogP contribution is -2.09. The molecule has 0 spiro atoms. The van der Waals surface area contributed by atoms with E-state index in [0.717, 1.165) is 5.82 Å². The Morgan fingerprint density at radius 2 is 2.14 bits per heavy atom. The lowest BCUT2D eigenvalue weighted by atomic mass is 10.1. The average Bonchev–Trinajstić information content (AvgIpc) is 2.26. The van der Waals surface area contributed by atoms with E-state index in [1.807, 2.05) is 6.92 Å². The van der Waals surface area contributed by atoms with E-state index in [1.54, 1.807) is 11.6 Å². The Balaban J connectivity index is 3.15. The summed E-state index contributed by atoms with van der Waals surface area (Å²) in [5, 5.41) is 9.01. The molecule has 1 aromatic rings. The van der Waals surface area contributed by atoms with E-state index in [2.05, 4.69) is 18.8 Å². The summed E-state index contributed by atoms with van der Waals surface area (Å²) in [6.45, 7) is 5.92. The van der Waals surface area contributed by atoms with Gasteiger partial charge >= 0.3 is 5.97 Å². The highest BCUT2D eigenvalue weighted by Crippen LogP contribution is 2.14. The molecule has 0 aliphatic heterocycles. The van der Waals surface area contributed by atoms with Crippen LogP contribution in [0.2, 0.25) is 0 Å². The zero-order chi connectivity index (χ0) is 10.9. The summed E-state index contributed by atoms with van der Waals surface area (Å²) in [5.74, 6) is 0.268. The summed E-state index contributed by atoms with van der Waals surface area (Å²) >= 11 is 0. The van der Waals surface area contributed by atoms with E-state index in [-0.39, 0.29) is 0 Å². The SMILES string of the molecule is Cc1nc(CC(C)C)c(C(=O)O)n1C. The standard InChI is InChI=1S/C10H16N2O2/c1-6(2)5-8-9(10(13)14)12(4)7(3)11-8/h6H,5H2,1-4H3,(H,13,14). The molecule has 0 fully saturated rings. The number of carboxylic acids is 1. The molecule has 0 saturated heterocycles. The van der Waals surface area contributed by atoms with Crippen LogP contribution in [0.3, 0.4) is 0 Å². The normalized spacial score (nSPS) is 10.9. The quantitative estimate of drug-likeness (QED) is 0.799. The predicted molar refractivity (Wildman–Crippen MR) is 53.4 cm³/mol. The molecule has 0 aliphatic rings. The number of aromatic carboxylic acids is 1. The molecule has 1 heterocycles. The Bertz CT molecular complexity index is 353. The van der Waals surface area contributed by atoms with Gasteiger partial charge in [0.2, 0.25) is 0 Å². The smallest absolute Gasteiger partial charge is 0.354 e. The maximum absolute atomic E-state index is 11.0. The van der Waals surface area contributed by atoms with E-state index < -0.39 is 5.97 Å². The zero-order valence-electron chi connectivity index (χ0n) is 9.03. The van der Waals surface area contributed by atoms with Crippen molar-refractivity contribution in [3.8, 4) is 0 Å². The average molecular weight is 196 g/mol. The van der Waals surface area contributed by atoms with Gasteiger partial charge in [0.05, 0.1) is 5.69 Å². The second-order valence-electron chi connectivity index (χ2n) is 3.92. The molecule has 14 heavy (non-hydrogen) atoms. The fourth-order valence-corrected chi connectivity index (χ4v) is 1.47. The number of carbonyl (C=O) groups is 1. The molecular formula is C10H16N2O2. The van der Waals surface area contributed by atoms with Gasteiger partial charge in [0.25, 0.3) is 0 Å². The number of aromatic nitrogens is 2. The molecular weight excluding hydrogens is 180 g/mol. The van der Waals surface area contributed by atoms with Crippen molar-refractivity contribution in [2.45, 2.75) is 27.2 Å². The van der Waals surface area contributed by atoms with E-state index in [1.165, 1.54) is 0 Å². The second kappa shape index (κ2) is 3.82. The van der Waals surface area contributed by atoms with Crippen molar-refractivity contribution in [1.29, 1.82) is 0 Å². The van der Waals surface area contributed by atoms with Gasteiger partial charge in [0.1, 0.15) is 11.5 Å². The van der Waals surface area contributed by atoms with Gasteiger partial charge in [-0.05, 0) is 19.3 Å². The molecule has 4 heteroatoms. The Morgan fingerprint density at radius 1 is 1.57 bits per heavy atom. The van der Waals surface area contributed by atoms with Gasteiger partial charge in [-0.2, -0.15) is 0 Å². The van der Waals surface area contributed by atoms with Crippen LogP contribution in [0, 0.1) is 12.8 Å². The Kier molecular flexibility index (Phi) is 2.93. The highest BCUT2D eigenvalue weighted by molar-refractivity contribution is 5.87. The van der Waals surface area contributed by atoms with Crippen molar-refractivity contribution < 1.29 is 9.90 Å². The first-order valence-electron chi connectivity index (χ1n) is 4.69. The predicted octanol–water partition coefficient (Wildman–Crippen LogP) is 1.63. The van der Waals surface area contributed by atoms with Gasteiger partial charge in [-0.3, -0.25) is 0 Å². The lowest BCUT2D eigenvalue weighted by Gasteiger charge is -2.03. The van der Waals surface area contributed by atoms with Gasteiger partial charge in [0.15, 0.2) is 0 Å². The zero-order valence-corrected chi connectivity index (χ0v) is 9.03. The molecule has 4 nitrogen and oxygen atoms in total. The number of aryl methyl sites for hydroxylation is 1. The first-order chi connectivity index (χ1) is 6.43. The molecule has 0 amide bonds. The molecule has 0 radical (unpaired) electrons. The first-order valence-corrected chi connectivity index (χ1v) is 4.69. The van der Waals surface area contributed by atoms with E-state index >= 15 is 0 Å². The van der Waals surface area contributed by atoms with Gasteiger partial charge in [-0.1, -0.05) is 13.8 Å². The summed E-state index contributed by atoms with van der Waals surface area (Å²) in [5.41, 5.74) is 1.00. The summed E-state index contributed by atoms with van der Waals surface area (Å²) < 4.78 is 1.63. The van der Waals surface area contributed by atoms with Crippen molar-refractivity contribution in [3.05, 3.63) is 17.2 Å². The molecule has 0 unspecified atom stereocenters. The summed E-state index contributed by atoms with van der Waals surface area (Å²) in [6, 6.07) is 0. The highest BCUT2D eigenvalue weighted by Gasteiger charge is 2.18. The minimum absolute atomic E-state index is 0.316. The van der Waals surface area contributed by atoms with Crippen molar-refractivity contribution in [2.24, 2.45) is 13.0 Å². The summed E-state index contributed by atoms with van der Waals surface area (Å²) in [4.78, 5) is 15.2. The van der Waals surface area contributed by atoms with Gasteiger partial charge in [0, 0.05) is 7.05 Å². The highest BCUT2D eigenvalue weighted by atomic mass is 16.4. The molecule has 0 atom stereocenters. The first kappa shape index (κ1) is 10.8. The molecule has 0 bridgehead atoms. The number of rotatable bonds is 3. The number of hydrogen-bond donors (Lipinski definition) is 1. The minimum atomic E-state index is -0.899. The van der Waals surface area contributed by atoms with Crippen LogP contribution in [0.15, 0.2) is 0 Å². The van der Waals surface area contributed by atoms with Crippen LogP contribution >= 0.6 is 0 Å². The summed E-state index contributed by atoms with van der Waals surface area (Å²) in [7, 11) is 1.73. The largest absolute Gasteiger partial charge is 0.477 e. The van der Waals surface area contributed by atoms with Crippen LogP contribution in [0.25, 0.3) is 0 Å². The molecule has 1 aromatic heterocycles. The molecule has 1 rings (SSSR count). The second-order valence-corrected chi connectivity index (χ2v) is 3.92. The molecule has 0 aliphatic carbocycles. The minimum Gasteiger partial charge on any atom is -0.477 e. The number of hydrogen-bond acceptors (Lipinski definition) is 2. The van der Waals surface area contributed by atoms with Crippen molar-refractivity contribution in [3.63, 3.8) is 0 Å². The van der Waals surface area contributed by atoms with Crippen molar-refractivity contribution in [2.75, 3.05) is 0 Å². The molecule has 0 aromatic carbocycles. The van der Waals surface area contributed by atoms with E-state index in [0.29, 0.717) is 23.7 Å². The number of nitrogens with zero attached hydrogens (tertiary/aromatic N) is 2. The lowest BCUT2D eigenvalue weighted by molar-refractivity contribution is 0.0684. The van der Waals surface area contributed by atoms with Crippen LogP contribution in [-0.2, 0) is 13.5 Å². The molecule has 0 saturated carbocycles. The van der Waals surface area contributed by atoms with Gasteiger partial charge < -0.3 is 9.67 Å². The third-order valence-electron chi connectivity index (χ3n) is 2.20. The third-order valence-corrected chi connectivity index (χ3v) is 2.20. The monoisotopic (exact) mass is 196 g/mol. The van der Waals surface area contributed by atoms with Crippen molar-refractivity contribution >= 4 is 5.97 Å². The van der Waals surface area contributed by atoms with Crippen molar-refractivity contribution in [1.82, 2.24) is 9.55 Å². The fourth-order valence-electron chi connectivity index (χ4n) is 1.47. The van der Waals surface area contributed by atoms with Crippen LogP contribution in [-0.4, -0.2) is 20.6 Å². The van der Waals surface area contributed by atoms with Crippen LogP contribution in [0.4, 0.5) is 0 Å². The third kappa shape index (κ3) is 1.95. The molecule has 78 valence electrons. The Labute approximate surface area is 83.6 Å². The van der Waals surface area contributed by atoms with Gasteiger partial charge in [-0.15, -0.1) is 0 Å². The number of imidazole rings is 1. The Morgan fingerprint density at radius 3 is 2.57 bits per heavy atom. The van der Waals surface area contributed by atoms with Crippen LogP contribution in [0.1, 0.15) is 35.9 Å². The van der Waals surface area contributed by atoms with Crippen LogP contribution in [0.5, 0.6) is 0 Å². The topological polar surface area (TPSA) is 55.1 Å². The molecule has 1 N–H and O–H groups in total. The summed E-state index contributed by atoms with van der Waals surface area (Å²) in [6.07, 6.45) is 0.712. The fraction of sp³-hybridized carbons (Fsp3) is 0.600. The van der Waals surface area contributed by atoms with E-state index in [4.69, 9.17) is 5.11 Å². The maximum atomic E-state index is 11.0. The maximum Gasteiger partial charge on any atom is 0.354 e.